The van der Waals surface area contributed by atoms with Crippen LogP contribution in [0.15, 0.2) is 29.2 Å². The van der Waals surface area contributed by atoms with Gasteiger partial charge in [0.1, 0.15) is 5.75 Å². The number of benzene rings is 2. The van der Waals surface area contributed by atoms with Crippen LogP contribution in [0.1, 0.15) is 5.56 Å². The van der Waals surface area contributed by atoms with Crippen LogP contribution >= 0.6 is 12.0 Å². The van der Waals surface area contributed by atoms with Crippen molar-refractivity contribution in [3.8, 4) is 5.75 Å². The van der Waals surface area contributed by atoms with Gasteiger partial charge in [0.15, 0.2) is 0 Å². The first-order chi connectivity index (χ1) is 8.11. The zero-order valence-electron chi connectivity index (χ0n) is 9.97. The molecule has 0 aliphatic heterocycles. The van der Waals surface area contributed by atoms with Crippen LogP contribution in [0, 0.1) is 6.92 Å². The summed E-state index contributed by atoms with van der Waals surface area (Å²) in [6.07, 6.45) is 0. The zero-order chi connectivity index (χ0) is 12.4. The molecule has 0 radical (unpaired) electrons. The van der Waals surface area contributed by atoms with Gasteiger partial charge in [-0.05, 0) is 36.1 Å². The van der Waals surface area contributed by atoms with E-state index in [-0.39, 0.29) is 35.3 Å². The third-order valence-electron chi connectivity index (χ3n) is 2.33. The van der Waals surface area contributed by atoms with E-state index >= 15 is 0 Å². The van der Waals surface area contributed by atoms with Crippen molar-refractivity contribution in [1.82, 2.24) is 0 Å². The molecule has 0 atom stereocenters. The molecular weight excluding hydrogens is 265 g/mol. The molecule has 0 bridgehead atoms. The van der Waals surface area contributed by atoms with Crippen LogP contribution < -0.4 is 40.5 Å². The summed E-state index contributed by atoms with van der Waals surface area (Å²) < 4.78 is 4.20. The third-order valence-corrected chi connectivity index (χ3v) is 2.89. The number of fused-ring (bicyclic) bond motifs is 1. The summed E-state index contributed by atoms with van der Waals surface area (Å²) in [5.74, 6) is 0.0389. The van der Waals surface area contributed by atoms with Crippen LogP contribution in [0.4, 0.5) is 5.69 Å². The third kappa shape index (κ3) is 3.30. The Kier molecular flexibility index (Phi) is 5.74. The van der Waals surface area contributed by atoms with E-state index in [2.05, 4.69) is 9.37 Å². The van der Waals surface area contributed by atoms with E-state index in [1.807, 2.05) is 13.0 Å². The van der Waals surface area contributed by atoms with Gasteiger partial charge in [-0.25, -0.2) is 0 Å². The molecule has 0 aliphatic carbocycles. The van der Waals surface area contributed by atoms with Gasteiger partial charge < -0.3 is 16.1 Å². The predicted molar refractivity (Wildman–Crippen MR) is 62.8 cm³/mol. The van der Waals surface area contributed by atoms with Crippen molar-refractivity contribution in [1.29, 1.82) is 0 Å². The van der Waals surface area contributed by atoms with Crippen molar-refractivity contribution in [2.75, 3.05) is 5.73 Å². The number of hydrogen-bond donors (Lipinski definition) is 2. The fourth-order valence-corrected chi connectivity index (χ4v) is 2.20. The van der Waals surface area contributed by atoms with Crippen LogP contribution in [0.5, 0.6) is 5.75 Å². The number of anilines is 1. The van der Waals surface area contributed by atoms with Crippen molar-refractivity contribution in [2.24, 2.45) is 0 Å². The van der Waals surface area contributed by atoms with E-state index in [1.165, 1.54) is 6.07 Å². The Morgan fingerprint density at radius 2 is 2.00 bits per heavy atom. The number of nitrogens with two attached hydrogens (primary N) is 1. The minimum absolute atomic E-state index is 0. The molecule has 90 valence electrons. The first-order valence-corrected chi connectivity index (χ1v) is 5.52. The normalized spacial score (nSPS) is 10.3. The monoisotopic (exact) mass is 275 g/mol. The average Bonchev–Trinajstić information content (AvgIpc) is 2.24. The molecule has 0 amide bonds. The van der Waals surface area contributed by atoms with Gasteiger partial charge in [-0.15, -0.1) is 0 Å². The number of hydrogen-bond acceptors (Lipinski definition) is 6. The van der Waals surface area contributed by atoms with Crippen LogP contribution in [0.25, 0.3) is 10.8 Å². The summed E-state index contributed by atoms with van der Waals surface area (Å²) in [4.78, 5) is 0.552. The molecule has 7 heteroatoms. The van der Waals surface area contributed by atoms with Crippen molar-refractivity contribution in [3.63, 3.8) is 0 Å². The minimum atomic E-state index is 0. The molecule has 0 saturated carbocycles. The molecule has 2 aromatic rings. The number of phenolic OH excluding ortho intramolecular Hbond substituents is 1. The second kappa shape index (κ2) is 6.63. The molecule has 2 rings (SSSR count). The van der Waals surface area contributed by atoms with E-state index in [1.54, 1.807) is 12.1 Å². The Labute approximate surface area is 130 Å². The smallest absolute Gasteiger partial charge is 0.691 e. The number of phenols is 1. The number of aryl methyl sites for hydroxylation is 1. The predicted octanol–water partition coefficient (Wildman–Crippen LogP) is -1.33. The second-order valence-corrected chi connectivity index (χ2v) is 4.39. The van der Waals surface area contributed by atoms with Crippen molar-refractivity contribution < 1.29 is 49.3 Å². The largest absolute Gasteiger partial charge is 1.00 e. The van der Waals surface area contributed by atoms with Crippen molar-refractivity contribution in [3.05, 3.63) is 29.8 Å². The molecular formula is C11H10NNaO4S. The van der Waals surface area contributed by atoms with Crippen molar-refractivity contribution in [2.45, 2.75) is 11.8 Å². The van der Waals surface area contributed by atoms with E-state index in [9.17, 15) is 10.4 Å². The molecule has 2 aromatic carbocycles. The molecule has 0 heterocycles. The van der Waals surface area contributed by atoms with Gasteiger partial charge in [-0.2, -0.15) is 4.33 Å². The molecule has 18 heavy (non-hydrogen) atoms. The van der Waals surface area contributed by atoms with Gasteiger partial charge in [0.05, 0.1) is 12.0 Å². The maximum atomic E-state index is 9.86. The zero-order valence-corrected chi connectivity index (χ0v) is 12.8. The van der Waals surface area contributed by atoms with Gasteiger partial charge in [0, 0.05) is 16.0 Å². The Balaban J connectivity index is 0.00000162. The molecule has 0 aliphatic rings. The molecule has 0 unspecified atom stereocenters. The van der Waals surface area contributed by atoms with E-state index in [4.69, 9.17) is 5.73 Å². The summed E-state index contributed by atoms with van der Waals surface area (Å²) in [7, 11) is 0. The summed E-state index contributed by atoms with van der Waals surface area (Å²) in [5.41, 5.74) is 7.33. The Morgan fingerprint density at radius 3 is 2.67 bits per heavy atom. The summed E-state index contributed by atoms with van der Waals surface area (Å²) in [6.45, 7) is 1.91. The SMILES string of the molecule is Cc1cc(N)c2c(O)cc(SOO[O-])cc2c1.[Na+]. The van der Waals surface area contributed by atoms with Gasteiger partial charge in [-0.1, -0.05) is 6.07 Å². The van der Waals surface area contributed by atoms with Crippen LogP contribution in [0.2, 0.25) is 0 Å². The molecule has 0 fully saturated rings. The summed E-state index contributed by atoms with van der Waals surface area (Å²) in [6, 6.07) is 6.87. The van der Waals surface area contributed by atoms with Gasteiger partial charge in [-0.3, -0.25) is 5.04 Å². The van der Waals surface area contributed by atoms with Crippen LogP contribution in [-0.4, -0.2) is 5.11 Å². The molecule has 3 N–H and O–H groups in total. The van der Waals surface area contributed by atoms with E-state index in [0.29, 0.717) is 16.0 Å². The van der Waals surface area contributed by atoms with Crippen LogP contribution in [-0.2, 0) is 9.37 Å². The second-order valence-electron chi connectivity index (χ2n) is 3.61. The Morgan fingerprint density at radius 1 is 1.28 bits per heavy atom. The maximum absolute atomic E-state index is 9.86. The molecule has 0 spiro atoms. The minimum Gasteiger partial charge on any atom is -0.691 e. The van der Waals surface area contributed by atoms with Gasteiger partial charge in [0.25, 0.3) is 0 Å². The number of rotatable bonds is 3. The quantitative estimate of drug-likeness (QED) is 0.237. The summed E-state index contributed by atoms with van der Waals surface area (Å²) >= 11 is 0.726. The van der Waals surface area contributed by atoms with Gasteiger partial charge >= 0.3 is 29.6 Å². The van der Waals surface area contributed by atoms with Crippen molar-refractivity contribution >= 4 is 28.5 Å². The Bertz CT molecular complexity index is 564. The fourth-order valence-electron chi connectivity index (χ4n) is 1.76. The van der Waals surface area contributed by atoms with E-state index < -0.39 is 0 Å². The molecule has 5 nitrogen and oxygen atoms in total. The fraction of sp³-hybridized carbons (Fsp3) is 0.0909. The molecule has 0 saturated heterocycles. The number of nitrogen functional groups attached to an aromatic ring is 1. The summed E-state index contributed by atoms with van der Waals surface area (Å²) in [5, 5.41) is 24.2. The number of aromatic hydroxyl groups is 1. The first kappa shape index (κ1) is 15.6. The Hall–Kier alpha value is -0.470. The van der Waals surface area contributed by atoms with Gasteiger partial charge in [0.2, 0.25) is 0 Å². The first-order valence-electron chi connectivity index (χ1n) is 4.78. The standard InChI is InChI=1S/C11H11NO4S.Na/c1-6-2-7-4-8(17-16-15-14)5-10(13)11(7)9(12)3-6;/h2-5,13-14H,12H2,1H3;/q;+1/p-1. The maximum Gasteiger partial charge on any atom is 1.00 e. The molecule has 0 aromatic heterocycles. The topological polar surface area (TPSA) is 87.8 Å². The van der Waals surface area contributed by atoms with E-state index in [0.717, 1.165) is 23.0 Å². The average molecular weight is 275 g/mol. The van der Waals surface area contributed by atoms with Crippen LogP contribution in [0.3, 0.4) is 0 Å².